The van der Waals surface area contributed by atoms with Gasteiger partial charge >= 0.3 is 0 Å². The maximum atomic E-state index is 11.4. The topological polar surface area (TPSA) is 46.1 Å². The zero-order valence-corrected chi connectivity index (χ0v) is 13.9. The minimum Gasteiger partial charge on any atom is -0.343 e. The van der Waals surface area contributed by atoms with Crippen molar-refractivity contribution in [3.63, 3.8) is 0 Å². The highest BCUT2D eigenvalue weighted by molar-refractivity contribution is 7.13. The molecule has 1 aliphatic heterocycles. The quantitative estimate of drug-likeness (QED) is 0.873. The monoisotopic (exact) mass is 315 g/mol. The number of pyridine rings is 1. The van der Waals surface area contributed by atoms with Crippen molar-refractivity contribution in [3.8, 4) is 10.7 Å². The fraction of sp³-hybridized carbons (Fsp3) is 0.471. The summed E-state index contributed by atoms with van der Waals surface area (Å²) in [5, 5.41) is 3.05. The standard InChI is InChI=1S/C17H21N3OS/c1-12-11-22-17(19-12)16-10-15(3-6-18-16)9-14-4-7-20(8-5-14)13(2)21/h3,6,10-11,14H,4-5,7-9H2,1-2H3. The molecule has 0 N–H and O–H groups in total. The lowest BCUT2D eigenvalue weighted by atomic mass is 9.90. The Kier molecular flexibility index (Phi) is 4.52. The summed E-state index contributed by atoms with van der Waals surface area (Å²) < 4.78 is 0. The molecule has 0 atom stereocenters. The van der Waals surface area contributed by atoms with Crippen LogP contribution in [0.1, 0.15) is 31.0 Å². The minimum atomic E-state index is 0.198. The first-order valence-corrected chi connectivity index (χ1v) is 8.63. The molecule has 0 unspecified atom stereocenters. The average Bonchev–Trinajstić information content (AvgIpc) is 2.95. The Labute approximate surface area is 135 Å². The van der Waals surface area contributed by atoms with Crippen molar-refractivity contribution in [1.82, 2.24) is 14.9 Å². The fourth-order valence-electron chi connectivity index (χ4n) is 2.98. The van der Waals surface area contributed by atoms with Gasteiger partial charge in [-0.2, -0.15) is 0 Å². The van der Waals surface area contributed by atoms with E-state index < -0.39 is 0 Å². The molecule has 0 bridgehead atoms. The molecule has 5 heteroatoms. The van der Waals surface area contributed by atoms with Gasteiger partial charge in [-0.1, -0.05) is 0 Å². The van der Waals surface area contributed by atoms with E-state index in [1.807, 2.05) is 18.0 Å². The Balaban J connectivity index is 1.65. The van der Waals surface area contributed by atoms with Gasteiger partial charge in [0.05, 0.1) is 5.69 Å². The van der Waals surface area contributed by atoms with Gasteiger partial charge in [0.25, 0.3) is 0 Å². The first kappa shape index (κ1) is 15.2. The number of likely N-dealkylation sites (tertiary alicyclic amines) is 1. The van der Waals surface area contributed by atoms with Crippen LogP contribution in [0.3, 0.4) is 0 Å². The van der Waals surface area contributed by atoms with E-state index in [0.717, 1.165) is 48.7 Å². The van der Waals surface area contributed by atoms with Crippen LogP contribution in [0.4, 0.5) is 0 Å². The second kappa shape index (κ2) is 6.57. The summed E-state index contributed by atoms with van der Waals surface area (Å²) in [6, 6.07) is 4.26. The smallest absolute Gasteiger partial charge is 0.219 e. The number of aromatic nitrogens is 2. The molecule has 1 aliphatic rings. The van der Waals surface area contributed by atoms with Crippen LogP contribution in [0.15, 0.2) is 23.7 Å². The SMILES string of the molecule is CC(=O)N1CCC(Cc2ccnc(-c3nc(C)cs3)c2)CC1. The third kappa shape index (κ3) is 3.53. The number of carbonyl (C=O) groups excluding carboxylic acids is 1. The molecule has 1 saturated heterocycles. The third-order valence-corrected chi connectivity index (χ3v) is 5.23. The molecule has 0 spiro atoms. The predicted octanol–water partition coefficient (Wildman–Crippen LogP) is 3.31. The lowest BCUT2D eigenvalue weighted by Crippen LogP contribution is -2.37. The van der Waals surface area contributed by atoms with Crippen LogP contribution in [0.25, 0.3) is 10.7 Å². The molecule has 0 saturated carbocycles. The Bertz CT molecular complexity index is 659. The second-order valence-electron chi connectivity index (χ2n) is 6.00. The van der Waals surface area contributed by atoms with Crippen LogP contribution in [-0.2, 0) is 11.2 Å². The highest BCUT2D eigenvalue weighted by Gasteiger charge is 2.21. The van der Waals surface area contributed by atoms with Gasteiger partial charge in [-0.05, 0) is 49.8 Å². The Morgan fingerprint density at radius 3 is 2.82 bits per heavy atom. The zero-order chi connectivity index (χ0) is 15.5. The van der Waals surface area contributed by atoms with Crippen molar-refractivity contribution in [1.29, 1.82) is 0 Å². The molecule has 2 aromatic heterocycles. The van der Waals surface area contributed by atoms with Crippen molar-refractivity contribution >= 4 is 17.2 Å². The molecule has 116 valence electrons. The Morgan fingerprint density at radius 2 is 2.18 bits per heavy atom. The van der Waals surface area contributed by atoms with Crippen molar-refractivity contribution < 1.29 is 4.79 Å². The number of amides is 1. The van der Waals surface area contributed by atoms with Gasteiger partial charge in [-0.3, -0.25) is 9.78 Å². The van der Waals surface area contributed by atoms with E-state index in [-0.39, 0.29) is 5.91 Å². The normalized spacial score (nSPS) is 16.0. The summed E-state index contributed by atoms with van der Waals surface area (Å²) in [5.74, 6) is 0.854. The van der Waals surface area contributed by atoms with Gasteiger partial charge < -0.3 is 4.90 Å². The lowest BCUT2D eigenvalue weighted by Gasteiger charge is -2.31. The first-order chi connectivity index (χ1) is 10.6. The zero-order valence-electron chi connectivity index (χ0n) is 13.1. The van der Waals surface area contributed by atoms with Crippen LogP contribution in [-0.4, -0.2) is 33.9 Å². The number of hydrogen-bond acceptors (Lipinski definition) is 4. The van der Waals surface area contributed by atoms with Gasteiger partial charge in [0, 0.05) is 37.3 Å². The van der Waals surface area contributed by atoms with Gasteiger partial charge in [0.2, 0.25) is 5.91 Å². The van der Waals surface area contributed by atoms with Crippen LogP contribution in [0.2, 0.25) is 0 Å². The van der Waals surface area contributed by atoms with Crippen LogP contribution in [0.5, 0.6) is 0 Å². The molecule has 3 rings (SSSR count). The lowest BCUT2D eigenvalue weighted by molar-refractivity contribution is -0.130. The van der Waals surface area contributed by atoms with Gasteiger partial charge in [-0.15, -0.1) is 11.3 Å². The molecule has 2 aromatic rings. The number of nitrogens with zero attached hydrogens (tertiary/aromatic N) is 3. The first-order valence-electron chi connectivity index (χ1n) is 7.75. The van der Waals surface area contributed by atoms with E-state index in [1.54, 1.807) is 18.3 Å². The van der Waals surface area contributed by atoms with E-state index in [1.165, 1.54) is 5.56 Å². The summed E-state index contributed by atoms with van der Waals surface area (Å²) in [5.41, 5.74) is 3.33. The van der Waals surface area contributed by atoms with Crippen LogP contribution < -0.4 is 0 Å². The number of thiazole rings is 1. The van der Waals surface area contributed by atoms with E-state index in [0.29, 0.717) is 5.92 Å². The number of carbonyl (C=O) groups is 1. The van der Waals surface area contributed by atoms with E-state index in [4.69, 9.17) is 0 Å². The molecule has 1 amide bonds. The number of aryl methyl sites for hydroxylation is 1. The summed E-state index contributed by atoms with van der Waals surface area (Å²) in [7, 11) is 0. The van der Waals surface area contributed by atoms with Crippen molar-refractivity contribution in [2.24, 2.45) is 5.92 Å². The average molecular weight is 315 g/mol. The van der Waals surface area contributed by atoms with E-state index in [2.05, 4.69) is 27.5 Å². The molecule has 22 heavy (non-hydrogen) atoms. The molecule has 0 aromatic carbocycles. The summed E-state index contributed by atoms with van der Waals surface area (Å²) in [4.78, 5) is 22.3. The second-order valence-corrected chi connectivity index (χ2v) is 6.86. The van der Waals surface area contributed by atoms with E-state index >= 15 is 0 Å². The maximum Gasteiger partial charge on any atom is 0.219 e. The van der Waals surface area contributed by atoms with Crippen molar-refractivity contribution in [3.05, 3.63) is 35.0 Å². The number of hydrogen-bond donors (Lipinski definition) is 0. The highest BCUT2D eigenvalue weighted by atomic mass is 32.1. The Morgan fingerprint density at radius 1 is 1.41 bits per heavy atom. The maximum absolute atomic E-state index is 11.4. The summed E-state index contributed by atoms with van der Waals surface area (Å²) >= 11 is 1.64. The van der Waals surface area contributed by atoms with Crippen LogP contribution >= 0.6 is 11.3 Å². The fourth-order valence-corrected chi connectivity index (χ4v) is 3.74. The number of rotatable bonds is 3. The molecule has 1 fully saturated rings. The van der Waals surface area contributed by atoms with Gasteiger partial charge in [0.15, 0.2) is 0 Å². The summed E-state index contributed by atoms with van der Waals surface area (Å²) in [6.07, 6.45) is 5.12. The molecular formula is C17H21N3OS. The van der Waals surface area contributed by atoms with Gasteiger partial charge in [0.1, 0.15) is 5.01 Å². The molecule has 4 nitrogen and oxygen atoms in total. The molecule has 0 radical (unpaired) electrons. The third-order valence-electron chi connectivity index (χ3n) is 4.25. The van der Waals surface area contributed by atoms with Gasteiger partial charge in [-0.25, -0.2) is 4.98 Å². The predicted molar refractivity (Wildman–Crippen MR) is 88.8 cm³/mol. The van der Waals surface area contributed by atoms with Crippen molar-refractivity contribution in [2.75, 3.05) is 13.1 Å². The largest absolute Gasteiger partial charge is 0.343 e. The molecule has 3 heterocycles. The Hall–Kier alpha value is -1.75. The summed E-state index contributed by atoms with van der Waals surface area (Å²) in [6.45, 7) is 5.45. The van der Waals surface area contributed by atoms with Crippen LogP contribution in [0, 0.1) is 12.8 Å². The van der Waals surface area contributed by atoms with E-state index in [9.17, 15) is 4.79 Å². The molecular weight excluding hydrogens is 294 g/mol. The molecule has 0 aliphatic carbocycles. The minimum absolute atomic E-state index is 0.198. The highest BCUT2D eigenvalue weighted by Crippen LogP contribution is 2.25. The number of piperidine rings is 1. The van der Waals surface area contributed by atoms with Crippen molar-refractivity contribution in [2.45, 2.75) is 33.1 Å².